The molecule has 1 aromatic carbocycles. The largest absolute Gasteiger partial charge is 0.360 e. The smallest absolute Gasteiger partial charge is 0.263 e. The van der Waals surface area contributed by atoms with Crippen LogP contribution in [0.3, 0.4) is 0 Å². The van der Waals surface area contributed by atoms with E-state index in [0.29, 0.717) is 0 Å². The van der Waals surface area contributed by atoms with Gasteiger partial charge >= 0.3 is 0 Å². The summed E-state index contributed by atoms with van der Waals surface area (Å²) < 4.78 is 0.968. The van der Waals surface area contributed by atoms with Gasteiger partial charge in [-0.3, -0.25) is 4.79 Å². The average Bonchev–Trinajstić information content (AvgIpc) is 2.31. The van der Waals surface area contributed by atoms with Gasteiger partial charge in [0, 0.05) is 22.4 Å². The molecule has 0 aliphatic rings. The van der Waals surface area contributed by atoms with E-state index in [1.807, 2.05) is 44.2 Å². The Labute approximate surface area is 115 Å². The summed E-state index contributed by atoms with van der Waals surface area (Å²) in [6, 6.07) is 9.30. The lowest BCUT2D eigenvalue weighted by Crippen LogP contribution is -2.31. The van der Waals surface area contributed by atoms with Crippen LogP contribution in [0.1, 0.15) is 13.8 Å². The molecule has 0 unspecified atom stereocenters. The third-order valence-electron chi connectivity index (χ3n) is 2.01. The van der Waals surface area contributed by atoms with E-state index in [2.05, 4.69) is 26.6 Å². The number of nitrogens with one attached hydrogen (secondary N) is 2. The molecule has 0 aliphatic carbocycles. The van der Waals surface area contributed by atoms with E-state index in [0.717, 1.165) is 10.2 Å². The molecule has 1 amide bonds. The molecule has 0 aliphatic heterocycles. The number of carbonyl (C=O) groups excluding carboxylic acids is 1. The Morgan fingerprint density at radius 3 is 2.50 bits per heavy atom. The second-order valence-corrected chi connectivity index (χ2v) is 4.86. The Bertz CT molecular complexity index is 486. The van der Waals surface area contributed by atoms with Crippen molar-refractivity contribution in [1.82, 2.24) is 5.32 Å². The van der Waals surface area contributed by atoms with Crippen molar-refractivity contribution in [3.05, 3.63) is 40.5 Å². The third kappa shape index (κ3) is 4.60. The number of nitrogens with zero attached hydrogens (tertiary/aromatic N) is 1. The molecular weight excluding hydrogens is 294 g/mol. The van der Waals surface area contributed by atoms with Crippen molar-refractivity contribution in [3.8, 4) is 6.07 Å². The molecule has 0 spiro atoms. The molecule has 1 rings (SSSR count). The van der Waals surface area contributed by atoms with Gasteiger partial charge in [-0.1, -0.05) is 15.9 Å². The normalized spacial score (nSPS) is 10.9. The molecule has 0 heterocycles. The van der Waals surface area contributed by atoms with Crippen molar-refractivity contribution < 1.29 is 4.79 Å². The SMILES string of the molecule is CC(C)NC(=O)/C(C#N)=C\Nc1ccc(Br)cc1. The van der Waals surface area contributed by atoms with Crippen molar-refractivity contribution >= 4 is 27.5 Å². The van der Waals surface area contributed by atoms with Crippen LogP contribution in [0.5, 0.6) is 0 Å². The van der Waals surface area contributed by atoms with Crippen molar-refractivity contribution in [2.45, 2.75) is 19.9 Å². The molecule has 1 aromatic rings. The zero-order valence-corrected chi connectivity index (χ0v) is 11.8. The molecule has 0 aromatic heterocycles. The molecule has 94 valence electrons. The molecular formula is C13H14BrN3O. The number of halogens is 1. The molecule has 0 fully saturated rings. The topological polar surface area (TPSA) is 64.9 Å². The number of rotatable bonds is 4. The molecule has 4 nitrogen and oxygen atoms in total. The van der Waals surface area contributed by atoms with Crippen molar-refractivity contribution in [2.75, 3.05) is 5.32 Å². The van der Waals surface area contributed by atoms with E-state index in [1.165, 1.54) is 6.20 Å². The van der Waals surface area contributed by atoms with Crippen LogP contribution in [-0.2, 0) is 4.79 Å². The monoisotopic (exact) mass is 307 g/mol. The van der Waals surface area contributed by atoms with Gasteiger partial charge < -0.3 is 10.6 Å². The van der Waals surface area contributed by atoms with Gasteiger partial charge in [0.2, 0.25) is 0 Å². The number of benzene rings is 1. The van der Waals surface area contributed by atoms with Gasteiger partial charge in [0.1, 0.15) is 11.6 Å². The molecule has 0 atom stereocenters. The fourth-order valence-electron chi connectivity index (χ4n) is 1.19. The van der Waals surface area contributed by atoms with Crippen LogP contribution in [0.25, 0.3) is 0 Å². The fourth-order valence-corrected chi connectivity index (χ4v) is 1.45. The van der Waals surface area contributed by atoms with Crippen LogP contribution in [0.2, 0.25) is 0 Å². The number of anilines is 1. The third-order valence-corrected chi connectivity index (χ3v) is 2.54. The summed E-state index contributed by atoms with van der Waals surface area (Å²) in [7, 11) is 0. The first-order chi connectivity index (χ1) is 8.52. The molecule has 18 heavy (non-hydrogen) atoms. The van der Waals surface area contributed by atoms with Crippen molar-refractivity contribution in [2.24, 2.45) is 0 Å². The van der Waals surface area contributed by atoms with Gasteiger partial charge in [-0.25, -0.2) is 0 Å². The predicted octanol–water partition coefficient (Wildman–Crippen LogP) is 2.79. The van der Waals surface area contributed by atoms with Gasteiger partial charge in [-0.2, -0.15) is 5.26 Å². The standard InChI is InChI=1S/C13H14BrN3O/c1-9(2)17-13(18)10(7-15)8-16-12-5-3-11(14)4-6-12/h3-6,8-9,16H,1-2H3,(H,17,18)/b10-8-. The van der Waals surface area contributed by atoms with Crippen molar-refractivity contribution in [3.63, 3.8) is 0 Å². The number of amides is 1. The highest BCUT2D eigenvalue weighted by atomic mass is 79.9. The Kier molecular flexibility index (Phi) is 5.40. The van der Waals surface area contributed by atoms with Crippen LogP contribution >= 0.6 is 15.9 Å². The van der Waals surface area contributed by atoms with Gasteiger partial charge in [0.15, 0.2) is 0 Å². The summed E-state index contributed by atoms with van der Waals surface area (Å²) in [5, 5.41) is 14.5. The van der Waals surface area contributed by atoms with Gasteiger partial charge in [0.05, 0.1) is 0 Å². The minimum Gasteiger partial charge on any atom is -0.360 e. The van der Waals surface area contributed by atoms with Crippen molar-refractivity contribution in [1.29, 1.82) is 5.26 Å². The zero-order chi connectivity index (χ0) is 13.5. The Balaban J connectivity index is 2.72. The first kappa shape index (κ1) is 14.3. The molecule has 0 bridgehead atoms. The zero-order valence-electron chi connectivity index (χ0n) is 10.2. The minimum atomic E-state index is -0.378. The second kappa shape index (κ2) is 6.82. The highest BCUT2D eigenvalue weighted by molar-refractivity contribution is 9.10. The van der Waals surface area contributed by atoms with Gasteiger partial charge in [-0.15, -0.1) is 0 Å². The maximum Gasteiger partial charge on any atom is 0.263 e. The molecule has 0 saturated carbocycles. The van der Waals surface area contributed by atoms with Gasteiger partial charge in [0.25, 0.3) is 5.91 Å². The van der Waals surface area contributed by atoms with E-state index in [-0.39, 0.29) is 17.5 Å². The summed E-state index contributed by atoms with van der Waals surface area (Å²) in [5.74, 6) is -0.378. The Hall–Kier alpha value is -1.80. The first-order valence-electron chi connectivity index (χ1n) is 5.46. The quantitative estimate of drug-likeness (QED) is 0.664. The van der Waals surface area contributed by atoms with E-state index in [4.69, 9.17) is 5.26 Å². The minimum absolute atomic E-state index is 0.00179. The Morgan fingerprint density at radius 2 is 2.00 bits per heavy atom. The lowest BCUT2D eigenvalue weighted by molar-refractivity contribution is -0.117. The van der Waals surface area contributed by atoms with Crippen LogP contribution in [-0.4, -0.2) is 11.9 Å². The molecule has 5 heteroatoms. The van der Waals surface area contributed by atoms with Crippen LogP contribution in [0, 0.1) is 11.3 Å². The van der Waals surface area contributed by atoms with Crippen LogP contribution < -0.4 is 10.6 Å². The predicted molar refractivity (Wildman–Crippen MR) is 74.7 cm³/mol. The number of carbonyl (C=O) groups is 1. The summed E-state index contributed by atoms with van der Waals surface area (Å²) in [6.07, 6.45) is 1.40. The summed E-state index contributed by atoms with van der Waals surface area (Å²) >= 11 is 3.33. The molecule has 0 saturated heterocycles. The van der Waals surface area contributed by atoms with E-state index < -0.39 is 0 Å². The summed E-state index contributed by atoms with van der Waals surface area (Å²) in [5.41, 5.74) is 0.856. The van der Waals surface area contributed by atoms with E-state index >= 15 is 0 Å². The number of nitriles is 1. The van der Waals surface area contributed by atoms with E-state index in [9.17, 15) is 4.79 Å². The highest BCUT2D eigenvalue weighted by Crippen LogP contribution is 2.14. The summed E-state index contributed by atoms with van der Waals surface area (Å²) in [6.45, 7) is 3.68. The van der Waals surface area contributed by atoms with Crippen LogP contribution in [0.15, 0.2) is 40.5 Å². The maximum atomic E-state index is 11.6. The lowest BCUT2D eigenvalue weighted by Gasteiger charge is -2.07. The molecule has 0 radical (unpaired) electrons. The number of hydrogen-bond donors (Lipinski definition) is 2. The second-order valence-electron chi connectivity index (χ2n) is 3.95. The van der Waals surface area contributed by atoms with E-state index in [1.54, 1.807) is 0 Å². The Morgan fingerprint density at radius 1 is 1.39 bits per heavy atom. The fraction of sp³-hybridized carbons (Fsp3) is 0.231. The number of hydrogen-bond acceptors (Lipinski definition) is 3. The van der Waals surface area contributed by atoms with Crippen LogP contribution in [0.4, 0.5) is 5.69 Å². The first-order valence-corrected chi connectivity index (χ1v) is 6.25. The summed E-state index contributed by atoms with van der Waals surface area (Å²) in [4.78, 5) is 11.6. The lowest BCUT2D eigenvalue weighted by atomic mass is 10.2. The van der Waals surface area contributed by atoms with Gasteiger partial charge in [-0.05, 0) is 38.1 Å². The average molecular weight is 308 g/mol. The maximum absolute atomic E-state index is 11.6. The highest BCUT2D eigenvalue weighted by Gasteiger charge is 2.09. The molecule has 2 N–H and O–H groups in total.